The second kappa shape index (κ2) is 4.62. The molecule has 0 aromatic heterocycles. The zero-order valence-electron chi connectivity index (χ0n) is 6.90. The van der Waals surface area contributed by atoms with E-state index in [0.29, 0.717) is 6.54 Å². The first-order valence-electron chi connectivity index (χ1n) is 4.02. The van der Waals surface area contributed by atoms with Crippen LogP contribution in [0, 0.1) is 5.92 Å². The number of hydrogen-bond donors (Lipinski definition) is 2. The number of halogens is 1. The van der Waals surface area contributed by atoms with Crippen molar-refractivity contribution in [2.75, 3.05) is 19.6 Å². The van der Waals surface area contributed by atoms with Gasteiger partial charge in [-0.2, -0.15) is 0 Å². The predicted octanol–water partition coefficient (Wildman–Crippen LogP) is 0.621. The van der Waals surface area contributed by atoms with Gasteiger partial charge < -0.3 is 10.6 Å². The van der Waals surface area contributed by atoms with Crippen molar-refractivity contribution in [3.63, 3.8) is 0 Å². The van der Waals surface area contributed by atoms with Gasteiger partial charge in [0.25, 0.3) is 0 Å². The van der Waals surface area contributed by atoms with Crippen molar-refractivity contribution in [1.29, 1.82) is 0 Å². The lowest BCUT2D eigenvalue weighted by atomic mass is 10.1. The minimum atomic E-state index is 0.126. The molecule has 1 aliphatic rings. The van der Waals surface area contributed by atoms with Gasteiger partial charge in [-0.3, -0.25) is 4.79 Å². The fraction of sp³-hybridized carbons (Fsp3) is 0.625. The molecule has 0 aromatic rings. The van der Waals surface area contributed by atoms with Crippen LogP contribution in [-0.2, 0) is 4.79 Å². The average Bonchev–Trinajstić information content (AvgIpc) is 2.51. The van der Waals surface area contributed by atoms with Gasteiger partial charge in [0, 0.05) is 17.6 Å². The molecule has 0 aromatic carbocycles. The normalized spacial score (nSPS) is 22.2. The number of hydrogen-bond acceptors (Lipinski definition) is 2. The third kappa shape index (κ3) is 2.95. The maximum Gasteiger partial charge on any atom is 0.224 e. The molecule has 4 heteroatoms. The second-order valence-corrected chi connectivity index (χ2v) is 4.05. The Morgan fingerprint density at radius 1 is 1.75 bits per heavy atom. The van der Waals surface area contributed by atoms with E-state index in [1.165, 1.54) is 0 Å². The number of carbonyl (C=O) groups excluding carboxylic acids is 1. The molecule has 1 atom stereocenters. The number of rotatable bonds is 3. The molecule has 0 spiro atoms. The summed E-state index contributed by atoms with van der Waals surface area (Å²) < 4.78 is 0.807. The van der Waals surface area contributed by atoms with Crippen molar-refractivity contribution in [3.05, 3.63) is 11.1 Å². The van der Waals surface area contributed by atoms with Gasteiger partial charge in [-0.1, -0.05) is 22.5 Å². The summed E-state index contributed by atoms with van der Waals surface area (Å²) in [6.07, 6.45) is 0.945. The van der Waals surface area contributed by atoms with E-state index in [1.54, 1.807) is 0 Å². The molecular weight excluding hydrogens is 220 g/mol. The minimum Gasteiger partial charge on any atom is -0.351 e. The van der Waals surface area contributed by atoms with Crippen LogP contribution in [0.4, 0.5) is 0 Å². The molecule has 0 bridgehead atoms. The number of nitrogens with one attached hydrogen (secondary N) is 2. The standard InChI is InChI=1S/C8H13BrN2O/c1-6(9)4-11-8(12)7-2-3-10-5-7/h7,10H,1-5H2,(H,11,12). The maximum absolute atomic E-state index is 11.3. The van der Waals surface area contributed by atoms with Gasteiger partial charge >= 0.3 is 0 Å². The fourth-order valence-electron chi connectivity index (χ4n) is 1.21. The van der Waals surface area contributed by atoms with Gasteiger partial charge in [-0.25, -0.2) is 0 Å². The molecule has 1 saturated heterocycles. The molecule has 0 aliphatic carbocycles. The Labute approximate surface area is 80.7 Å². The van der Waals surface area contributed by atoms with Gasteiger partial charge in [0.1, 0.15) is 0 Å². The molecule has 1 heterocycles. The minimum absolute atomic E-state index is 0.126. The Balaban J connectivity index is 2.23. The van der Waals surface area contributed by atoms with Gasteiger partial charge in [0.15, 0.2) is 0 Å². The number of amides is 1. The molecule has 1 rings (SSSR count). The highest BCUT2D eigenvalue weighted by molar-refractivity contribution is 9.11. The Morgan fingerprint density at radius 3 is 3.00 bits per heavy atom. The van der Waals surface area contributed by atoms with E-state index in [-0.39, 0.29) is 11.8 Å². The molecule has 1 fully saturated rings. The molecule has 1 amide bonds. The zero-order valence-corrected chi connectivity index (χ0v) is 8.49. The van der Waals surface area contributed by atoms with Crippen LogP contribution in [0.15, 0.2) is 11.1 Å². The zero-order chi connectivity index (χ0) is 8.97. The van der Waals surface area contributed by atoms with Crippen LogP contribution >= 0.6 is 15.9 Å². The highest BCUT2D eigenvalue weighted by Gasteiger charge is 2.21. The summed E-state index contributed by atoms with van der Waals surface area (Å²) in [5.41, 5.74) is 0. The van der Waals surface area contributed by atoms with Crippen LogP contribution in [0.1, 0.15) is 6.42 Å². The lowest BCUT2D eigenvalue weighted by Crippen LogP contribution is -2.32. The first kappa shape index (κ1) is 9.74. The molecular formula is C8H13BrN2O. The number of carbonyl (C=O) groups is 1. The molecule has 68 valence electrons. The molecule has 3 nitrogen and oxygen atoms in total. The summed E-state index contributed by atoms with van der Waals surface area (Å²) in [7, 11) is 0. The summed E-state index contributed by atoms with van der Waals surface area (Å²) in [6, 6.07) is 0. The summed E-state index contributed by atoms with van der Waals surface area (Å²) in [6.45, 7) is 5.92. The third-order valence-electron chi connectivity index (χ3n) is 1.89. The Bertz CT molecular complexity index is 187. The van der Waals surface area contributed by atoms with Crippen molar-refractivity contribution < 1.29 is 4.79 Å². The smallest absolute Gasteiger partial charge is 0.224 e. The van der Waals surface area contributed by atoms with Crippen molar-refractivity contribution in [2.45, 2.75) is 6.42 Å². The van der Waals surface area contributed by atoms with Crippen LogP contribution in [-0.4, -0.2) is 25.5 Å². The van der Waals surface area contributed by atoms with Gasteiger partial charge in [0.05, 0.1) is 5.92 Å². The van der Waals surface area contributed by atoms with Crippen molar-refractivity contribution >= 4 is 21.8 Å². The Hall–Kier alpha value is -0.350. The van der Waals surface area contributed by atoms with Crippen LogP contribution in [0.25, 0.3) is 0 Å². The lowest BCUT2D eigenvalue weighted by molar-refractivity contribution is -0.124. The monoisotopic (exact) mass is 232 g/mol. The highest BCUT2D eigenvalue weighted by atomic mass is 79.9. The van der Waals surface area contributed by atoms with E-state index in [0.717, 1.165) is 24.0 Å². The summed E-state index contributed by atoms with van der Waals surface area (Å²) >= 11 is 3.19. The molecule has 2 N–H and O–H groups in total. The van der Waals surface area contributed by atoms with E-state index < -0.39 is 0 Å². The van der Waals surface area contributed by atoms with Crippen LogP contribution in [0.5, 0.6) is 0 Å². The molecule has 0 saturated carbocycles. The maximum atomic E-state index is 11.3. The van der Waals surface area contributed by atoms with Gasteiger partial charge in [-0.05, 0) is 13.0 Å². The first-order valence-corrected chi connectivity index (χ1v) is 4.81. The second-order valence-electron chi connectivity index (χ2n) is 2.92. The van der Waals surface area contributed by atoms with Crippen molar-refractivity contribution in [1.82, 2.24) is 10.6 Å². The fourth-order valence-corrected chi connectivity index (χ4v) is 1.35. The van der Waals surface area contributed by atoms with Gasteiger partial charge in [-0.15, -0.1) is 0 Å². The highest BCUT2D eigenvalue weighted by Crippen LogP contribution is 2.07. The van der Waals surface area contributed by atoms with E-state index in [4.69, 9.17) is 0 Å². The van der Waals surface area contributed by atoms with Crippen molar-refractivity contribution in [2.24, 2.45) is 5.92 Å². The first-order chi connectivity index (χ1) is 5.70. The Morgan fingerprint density at radius 2 is 2.50 bits per heavy atom. The van der Waals surface area contributed by atoms with Gasteiger partial charge in [0.2, 0.25) is 5.91 Å². The molecule has 0 radical (unpaired) electrons. The van der Waals surface area contributed by atoms with Crippen LogP contribution in [0.2, 0.25) is 0 Å². The van der Waals surface area contributed by atoms with Crippen LogP contribution < -0.4 is 10.6 Å². The molecule has 1 unspecified atom stereocenters. The topological polar surface area (TPSA) is 41.1 Å². The quantitative estimate of drug-likeness (QED) is 0.750. The average molecular weight is 233 g/mol. The largest absolute Gasteiger partial charge is 0.351 e. The van der Waals surface area contributed by atoms with E-state index in [9.17, 15) is 4.79 Å². The van der Waals surface area contributed by atoms with Crippen molar-refractivity contribution in [3.8, 4) is 0 Å². The van der Waals surface area contributed by atoms with E-state index in [1.807, 2.05) is 0 Å². The predicted molar refractivity (Wildman–Crippen MR) is 52.1 cm³/mol. The lowest BCUT2D eigenvalue weighted by Gasteiger charge is -2.08. The van der Waals surface area contributed by atoms with E-state index in [2.05, 4.69) is 33.1 Å². The Kier molecular flexibility index (Phi) is 3.75. The van der Waals surface area contributed by atoms with Crippen LogP contribution in [0.3, 0.4) is 0 Å². The molecule has 12 heavy (non-hydrogen) atoms. The summed E-state index contributed by atoms with van der Waals surface area (Å²) in [4.78, 5) is 11.3. The summed E-state index contributed by atoms with van der Waals surface area (Å²) in [5, 5.41) is 5.94. The van der Waals surface area contributed by atoms with E-state index >= 15 is 0 Å². The SMILES string of the molecule is C=C(Br)CNC(=O)C1CCNC1. The molecule has 1 aliphatic heterocycles. The third-order valence-corrected chi connectivity index (χ3v) is 2.17. The summed E-state index contributed by atoms with van der Waals surface area (Å²) in [5.74, 6) is 0.275.